The SMILES string of the molecule is c1ccc(-c2ccc(N(c3ccccc3-c3ccccc3)c3ccc4ccc5c(-n6c7ccccc7c7ccccc76)ccc6ccc3c4c65)cc2)cc1. The molecule has 0 bridgehead atoms. The van der Waals surface area contributed by atoms with Crippen LogP contribution in [0.4, 0.5) is 17.1 Å². The van der Waals surface area contributed by atoms with Gasteiger partial charge in [-0.3, -0.25) is 0 Å². The lowest BCUT2D eigenvalue weighted by Gasteiger charge is -2.30. The fourth-order valence-electron chi connectivity index (χ4n) is 8.71. The summed E-state index contributed by atoms with van der Waals surface area (Å²) >= 11 is 0. The molecular weight excluding hydrogens is 653 g/mol. The van der Waals surface area contributed by atoms with Gasteiger partial charge in [0.15, 0.2) is 0 Å². The molecule has 252 valence electrons. The number of para-hydroxylation sites is 3. The molecule has 0 spiro atoms. The second-order valence-electron chi connectivity index (χ2n) is 14.1. The van der Waals surface area contributed by atoms with Crippen molar-refractivity contribution in [2.24, 2.45) is 0 Å². The summed E-state index contributed by atoms with van der Waals surface area (Å²) in [6, 6.07) is 75.2. The second kappa shape index (κ2) is 12.2. The lowest BCUT2D eigenvalue weighted by molar-refractivity contribution is 1.20. The fraction of sp³-hybridized carbons (Fsp3) is 0. The number of hydrogen-bond donors (Lipinski definition) is 0. The van der Waals surface area contributed by atoms with Crippen molar-refractivity contribution in [1.82, 2.24) is 4.57 Å². The minimum atomic E-state index is 1.11. The Morgan fingerprint density at radius 2 is 0.833 bits per heavy atom. The zero-order valence-corrected chi connectivity index (χ0v) is 29.5. The second-order valence-corrected chi connectivity index (χ2v) is 14.1. The summed E-state index contributed by atoms with van der Waals surface area (Å²) < 4.78 is 2.45. The van der Waals surface area contributed by atoms with E-state index in [2.05, 4.69) is 216 Å². The first-order valence-corrected chi connectivity index (χ1v) is 18.6. The summed E-state index contributed by atoms with van der Waals surface area (Å²) in [4.78, 5) is 2.46. The van der Waals surface area contributed by atoms with Crippen molar-refractivity contribution in [3.63, 3.8) is 0 Å². The summed E-state index contributed by atoms with van der Waals surface area (Å²) in [6.07, 6.45) is 0. The monoisotopic (exact) mass is 686 g/mol. The number of rotatable bonds is 6. The number of anilines is 3. The molecule has 1 aromatic heterocycles. The molecule has 0 radical (unpaired) electrons. The van der Waals surface area contributed by atoms with Gasteiger partial charge in [0.1, 0.15) is 0 Å². The summed E-state index contributed by atoms with van der Waals surface area (Å²) in [7, 11) is 0. The topological polar surface area (TPSA) is 8.17 Å². The van der Waals surface area contributed by atoms with E-state index in [1.54, 1.807) is 0 Å². The van der Waals surface area contributed by atoms with Crippen molar-refractivity contribution < 1.29 is 0 Å². The Bertz CT molecular complexity index is 3090. The first-order valence-electron chi connectivity index (χ1n) is 18.6. The van der Waals surface area contributed by atoms with Crippen LogP contribution in [-0.2, 0) is 0 Å². The Balaban J connectivity index is 1.18. The van der Waals surface area contributed by atoms with Crippen molar-refractivity contribution >= 4 is 71.2 Å². The molecule has 54 heavy (non-hydrogen) atoms. The van der Waals surface area contributed by atoms with Gasteiger partial charge in [-0.1, -0.05) is 164 Å². The molecule has 0 saturated heterocycles. The molecule has 0 aliphatic heterocycles. The van der Waals surface area contributed by atoms with Gasteiger partial charge in [0.05, 0.1) is 28.1 Å². The standard InChI is InChI=1S/C52H34N2/c1-3-13-35(14-4-1)36-23-29-40(30-24-36)53(46-20-10-7-17-41(46)37-15-5-2-6-16-37)49-33-27-38-26-32-45-50(34-28-39-25-31-44(49)51(38)52(39)45)54-47-21-11-8-18-42(47)43-19-9-12-22-48(43)54/h1-34H. The summed E-state index contributed by atoms with van der Waals surface area (Å²) in [5.74, 6) is 0. The third kappa shape index (κ3) is 4.67. The zero-order chi connectivity index (χ0) is 35.6. The average Bonchev–Trinajstić information content (AvgIpc) is 3.58. The molecule has 2 nitrogen and oxygen atoms in total. The highest BCUT2D eigenvalue weighted by Gasteiger charge is 2.22. The summed E-state index contributed by atoms with van der Waals surface area (Å²) in [6.45, 7) is 0. The predicted molar refractivity (Wildman–Crippen MR) is 230 cm³/mol. The average molecular weight is 687 g/mol. The highest BCUT2D eigenvalue weighted by Crippen LogP contribution is 2.47. The fourth-order valence-corrected chi connectivity index (χ4v) is 8.71. The van der Waals surface area contributed by atoms with Crippen molar-refractivity contribution in [2.45, 2.75) is 0 Å². The lowest BCUT2D eigenvalue weighted by atomic mass is 9.91. The number of fused-ring (bicyclic) bond motifs is 3. The van der Waals surface area contributed by atoms with Gasteiger partial charge in [0, 0.05) is 32.8 Å². The summed E-state index contributed by atoms with van der Waals surface area (Å²) in [5.41, 5.74) is 11.8. The molecular formula is C52H34N2. The van der Waals surface area contributed by atoms with E-state index in [4.69, 9.17) is 0 Å². The van der Waals surface area contributed by atoms with Crippen molar-refractivity contribution in [2.75, 3.05) is 4.90 Å². The Labute approximate surface area is 313 Å². The van der Waals surface area contributed by atoms with Crippen LogP contribution in [0.25, 0.3) is 82.1 Å². The van der Waals surface area contributed by atoms with E-state index in [1.165, 1.54) is 82.1 Å². The predicted octanol–water partition coefficient (Wildman–Crippen LogP) is 14.5. The molecule has 11 aromatic rings. The molecule has 1 heterocycles. The van der Waals surface area contributed by atoms with Gasteiger partial charge in [0.2, 0.25) is 0 Å². The van der Waals surface area contributed by atoms with Gasteiger partial charge in [-0.2, -0.15) is 0 Å². The molecule has 0 saturated carbocycles. The van der Waals surface area contributed by atoms with Crippen molar-refractivity contribution in [1.29, 1.82) is 0 Å². The number of benzene rings is 10. The Morgan fingerprint density at radius 3 is 1.54 bits per heavy atom. The smallest absolute Gasteiger partial charge is 0.0541 e. The van der Waals surface area contributed by atoms with Crippen LogP contribution in [0, 0.1) is 0 Å². The maximum absolute atomic E-state index is 2.46. The van der Waals surface area contributed by atoms with Gasteiger partial charge in [-0.25, -0.2) is 0 Å². The van der Waals surface area contributed by atoms with E-state index in [1.807, 2.05) is 0 Å². The van der Waals surface area contributed by atoms with Gasteiger partial charge < -0.3 is 9.47 Å². The van der Waals surface area contributed by atoms with Crippen LogP contribution in [-0.4, -0.2) is 4.57 Å². The van der Waals surface area contributed by atoms with Crippen LogP contribution in [0.5, 0.6) is 0 Å². The first kappa shape index (κ1) is 30.5. The van der Waals surface area contributed by atoms with Crippen molar-refractivity contribution in [3.8, 4) is 27.9 Å². The van der Waals surface area contributed by atoms with E-state index >= 15 is 0 Å². The van der Waals surface area contributed by atoms with Crippen LogP contribution in [0.3, 0.4) is 0 Å². The van der Waals surface area contributed by atoms with Crippen LogP contribution < -0.4 is 4.90 Å². The molecule has 0 N–H and O–H groups in total. The molecule has 2 heteroatoms. The van der Waals surface area contributed by atoms with Crippen LogP contribution in [0.1, 0.15) is 0 Å². The molecule has 10 aromatic carbocycles. The van der Waals surface area contributed by atoms with E-state index in [0.29, 0.717) is 0 Å². The van der Waals surface area contributed by atoms with E-state index in [9.17, 15) is 0 Å². The van der Waals surface area contributed by atoms with Gasteiger partial charge in [-0.15, -0.1) is 0 Å². The third-order valence-electron chi connectivity index (χ3n) is 11.1. The van der Waals surface area contributed by atoms with E-state index < -0.39 is 0 Å². The molecule has 0 atom stereocenters. The minimum Gasteiger partial charge on any atom is -0.309 e. The first-order chi connectivity index (χ1) is 26.8. The van der Waals surface area contributed by atoms with Gasteiger partial charge in [0.25, 0.3) is 0 Å². The third-order valence-corrected chi connectivity index (χ3v) is 11.1. The quantitative estimate of drug-likeness (QED) is 0.158. The Morgan fingerprint density at radius 1 is 0.315 bits per heavy atom. The normalized spacial score (nSPS) is 11.7. The molecule has 0 aliphatic carbocycles. The molecule has 0 aliphatic rings. The van der Waals surface area contributed by atoms with Crippen LogP contribution >= 0.6 is 0 Å². The Kier molecular flexibility index (Phi) is 6.90. The highest BCUT2D eigenvalue weighted by atomic mass is 15.1. The molecule has 0 amide bonds. The minimum absolute atomic E-state index is 1.11. The van der Waals surface area contributed by atoms with E-state index in [-0.39, 0.29) is 0 Å². The zero-order valence-electron chi connectivity index (χ0n) is 29.5. The van der Waals surface area contributed by atoms with Crippen molar-refractivity contribution in [3.05, 3.63) is 206 Å². The van der Waals surface area contributed by atoms with Crippen LogP contribution in [0.15, 0.2) is 206 Å². The van der Waals surface area contributed by atoms with Gasteiger partial charge >= 0.3 is 0 Å². The lowest BCUT2D eigenvalue weighted by Crippen LogP contribution is -2.12. The largest absolute Gasteiger partial charge is 0.309 e. The Hall–Kier alpha value is -7.16. The van der Waals surface area contributed by atoms with Gasteiger partial charge in [-0.05, 0) is 80.7 Å². The summed E-state index contributed by atoms with van der Waals surface area (Å²) in [5, 5.41) is 10.1. The number of hydrogen-bond acceptors (Lipinski definition) is 1. The molecule has 11 rings (SSSR count). The van der Waals surface area contributed by atoms with Crippen LogP contribution in [0.2, 0.25) is 0 Å². The highest BCUT2D eigenvalue weighted by molar-refractivity contribution is 6.27. The molecule has 0 fully saturated rings. The maximum Gasteiger partial charge on any atom is 0.0541 e. The maximum atomic E-state index is 2.46. The number of nitrogens with zero attached hydrogens (tertiary/aromatic N) is 2. The van der Waals surface area contributed by atoms with E-state index in [0.717, 1.165) is 17.1 Å². The number of aromatic nitrogens is 1. The molecule has 0 unspecified atom stereocenters.